The van der Waals surface area contributed by atoms with E-state index >= 15 is 0 Å². The van der Waals surface area contributed by atoms with E-state index in [2.05, 4.69) is 20.0 Å². The number of ether oxygens (including phenoxy) is 1. The Kier molecular flexibility index (Phi) is 4.96. The van der Waals surface area contributed by atoms with Crippen LogP contribution < -0.4 is 4.74 Å². The van der Waals surface area contributed by atoms with E-state index in [4.69, 9.17) is 21.9 Å². The van der Waals surface area contributed by atoms with E-state index in [1.807, 2.05) is 6.92 Å². The maximum absolute atomic E-state index is 11.8. The molecule has 2 aromatic heterocycles. The van der Waals surface area contributed by atoms with Crippen LogP contribution in [0.15, 0.2) is 23.6 Å². The van der Waals surface area contributed by atoms with Gasteiger partial charge in [-0.05, 0) is 22.5 Å². The lowest BCUT2D eigenvalue weighted by Gasteiger charge is -2.40. The van der Waals surface area contributed by atoms with Crippen LogP contribution in [0.25, 0.3) is 21.2 Å². The number of hydrogen-bond acceptors (Lipinski definition) is 6. The Morgan fingerprint density at radius 3 is 2.63 bits per heavy atom. The van der Waals surface area contributed by atoms with Gasteiger partial charge in [-0.2, -0.15) is 0 Å². The number of pyridine rings is 2. The molecule has 1 fully saturated rings. The molecule has 0 aliphatic heterocycles. The van der Waals surface area contributed by atoms with E-state index < -0.39 is 20.6 Å². The zero-order valence-electron chi connectivity index (χ0n) is 15.4. The molecule has 2 heterocycles. The average molecular weight is 410 g/mol. The molecule has 2 aromatic rings. The summed E-state index contributed by atoms with van der Waals surface area (Å²) in [5.74, 6) is 0.231. The third-order valence-electron chi connectivity index (χ3n) is 5.11. The molecule has 0 amide bonds. The van der Waals surface area contributed by atoms with E-state index in [1.165, 1.54) is 6.26 Å². The molecule has 0 aromatic carbocycles. The van der Waals surface area contributed by atoms with Gasteiger partial charge in [0.1, 0.15) is 11.3 Å². The van der Waals surface area contributed by atoms with Crippen molar-refractivity contribution in [3.63, 3.8) is 0 Å². The van der Waals surface area contributed by atoms with Crippen molar-refractivity contribution in [2.24, 2.45) is 11.0 Å². The summed E-state index contributed by atoms with van der Waals surface area (Å²) in [6.07, 6.45) is 4.59. The van der Waals surface area contributed by atoms with Crippen molar-refractivity contribution in [1.82, 2.24) is 9.97 Å². The van der Waals surface area contributed by atoms with E-state index in [-0.39, 0.29) is 12.0 Å². The molecular weight excluding hydrogens is 390 g/mol. The van der Waals surface area contributed by atoms with Gasteiger partial charge in [-0.15, -0.1) is 0 Å². The van der Waals surface area contributed by atoms with Gasteiger partial charge < -0.3 is 4.74 Å². The normalized spacial score (nSPS) is 22.8. The van der Waals surface area contributed by atoms with Crippen molar-refractivity contribution in [3.8, 4) is 5.88 Å². The fourth-order valence-electron chi connectivity index (χ4n) is 3.40. The van der Waals surface area contributed by atoms with Gasteiger partial charge >= 0.3 is 0 Å². The first-order chi connectivity index (χ1) is 12.5. The highest BCUT2D eigenvalue weighted by Gasteiger charge is 2.45. The highest BCUT2D eigenvalue weighted by Crippen LogP contribution is 2.39. The number of nitrogens with zero attached hydrogens (tertiary/aromatic N) is 5. The molecule has 0 unspecified atom stereocenters. The Morgan fingerprint density at radius 1 is 1.33 bits per heavy atom. The SMILES string of the molecule is C[C@H]1[C@H](Oc2ncc(C(C)(C)N=[N+]=[N-])c3cc(Cl)ncc23)C[C@@H]1S(C)(=O)=O. The van der Waals surface area contributed by atoms with Crippen molar-refractivity contribution in [2.45, 2.75) is 44.1 Å². The van der Waals surface area contributed by atoms with Gasteiger partial charge in [-0.25, -0.2) is 18.4 Å². The van der Waals surface area contributed by atoms with E-state index in [0.717, 1.165) is 5.39 Å². The first-order valence-corrected chi connectivity index (χ1v) is 10.7. The predicted octanol–water partition coefficient (Wildman–Crippen LogP) is 4.03. The number of aromatic nitrogens is 2. The lowest BCUT2D eigenvalue weighted by molar-refractivity contribution is 0.0589. The number of halogens is 1. The molecule has 0 saturated heterocycles. The van der Waals surface area contributed by atoms with Crippen LogP contribution in [0.1, 0.15) is 32.8 Å². The van der Waals surface area contributed by atoms with Gasteiger partial charge in [0.05, 0.1) is 16.2 Å². The quantitative estimate of drug-likeness (QED) is 0.319. The summed E-state index contributed by atoms with van der Waals surface area (Å²) in [7, 11) is -3.10. The smallest absolute Gasteiger partial charge is 0.223 e. The second kappa shape index (κ2) is 6.82. The third-order valence-corrected chi connectivity index (χ3v) is 7.03. The molecule has 1 saturated carbocycles. The Morgan fingerprint density at radius 2 is 2.04 bits per heavy atom. The van der Waals surface area contributed by atoms with Crippen molar-refractivity contribution in [1.29, 1.82) is 0 Å². The van der Waals surface area contributed by atoms with Crippen molar-refractivity contribution < 1.29 is 13.2 Å². The van der Waals surface area contributed by atoms with Gasteiger partial charge in [0.25, 0.3) is 0 Å². The van der Waals surface area contributed by atoms with Crippen LogP contribution >= 0.6 is 11.6 Å². The number of rotatable bonds is 5. The van der Waals surface area contributed by atoms with Gasteiger partial charge in [-0.3, -0.25) is 0 Å². The molecule has 0 N–H and O–H groups in total. The Hall–Kier alpha value is -2.09. The van der Waals surface area contributed by atoms with Gasteiger partial charge in [0.2, 0.25) is 5.88 Å². The molecule has 3 rings (SSSR count). The fourth-order valence-corrected chi connectivity index (χ4v) is 5.05. The average Bonchev–Trinajstić information content (AvgIpc) is 2.55. The van der Waals surface area contributed by atoms with Crippen molar-refractivity contribution in [2.75, 3.05) is 6.26 Å². The first-order valence-electron chi connectivity index (χ1n) is 8.41. The highest BCUT2D eigenvalue weighted by atomic mass is 35.5. The van der Waals surface area contributed by atoms with Crippen LogP contribution in [0.3, 0.4) is 0 Å². The predicted molar refractivity (Wildman–Crippen MR) is 104 cm³/mol. The standard InChI is InChI=1S/C17H20ClN5O3S/c1-9-13(6-14(9)27(4,24)25)26-16-11-7-20-15(18)5-10(11)12(8-21-16)17(2,3)22-23-19/h5,7-9,13-14H,6H2,1-4H3/t9-,13+,14-/m0/s1. The van der Waals surface area contributed by atoms with Crippen LogP contribution in [-0.2, 0) is 15.4 Å². The van der Waals surface area contributed by atoms with Crippen molar-refractivity contribution >= 4 is 32.2 Å². The van der Waals surface area contributed by atoms with Crippen LogP contribution in [0, 0.1) is 5.92 Å². The lowest BCUT2D eigenvalue weighted by Crippen LogP contribution is -2.51. The summed E-state index contributed by atoms with van der Waals surface area (Å²) in [4.78, 5) is 11.4. The molecule has 0 radical (unpaired) electrons. The molecule has 144 valence electrons. The summed E-state index contributed by atoms with van der Waals surface area (Å²) in [6, 6.07) is 1.68. The van der Waals surface area contributed by atoms with Gasteiger partial charge in [0, 0.05) is 35.9 Å². The minimum Gasteiger partial charge on any atom is -0.473 e. The Balaban J connectivity index is 2.01. The maximum atomic E-state index is 11.8. The van der Waals surface area contributed by atoms with E-state index in [0.29, 0.717) is 28.4 Å². The summed E-state index contributed by atoms with van der Waals surface area (Å²) >= 11 is 6.06. The molecule has 1 aliphatic rings. The van der Waals surface area contributed by atoms with Crippen molar-refractivity contribution in [3.05, 3.63) is 39.6 Å². The Labute approximate surface area is 162 Å². The second-order valence-electron chi connectivity index (χ2n) is 7.40. The molecular formula is C17H20ClN5O3S. The zero-order chi connectivity index (χ0) is 20.0. The zero-order valence-corrected chi connectivity index (χ0v) is 17.0. The summed E-state index contributed by atoms with van der Waals surface area (Å²) in [6.45, 7) is 5.42. The number of hydrogen-bond donors (Lipinski definition) is 0. The highest BCUT2D eigenvalue weighted by molar-refractivity contribution is 7.91. The molecule has 10 heteroatoms. The minimum atomic E-state index is -3.10. The summed E-state index contributed by atoms with van der Waals surface area (Å²) in [5, 5.41) is 5.10. The van der Waals surface area contributed by atoms with Crippen LogP contribution in [0.5, 0.6) is 5.88 Å². The van der Waals surface area contributed by atoms with Crippen LogP contribution in [0.4, 0.5) is 0 Å². The minimum absolute atomic E-state index is 0.128. The number of azide groups is 1. The largest absolute Gasteiger partial charge is 0.473 e. The topological polar surface area (TPSA) is 118 Å². The molecule has 1 aliphatic carbocycles. The number of fused-ring (bicyclic) bond motifs is 1. The number of sulfone groups is 1. The third kappa shape index (κ3) is 3.67. The van der Waals surface area contributed by atoms with Crippen LogP contribution in [0.2, 0.25) is 5.15 Å². The molecule has 0 spiro atoms. The second-order valence-corrected chi connectivity index (χ2v) is 10.0. The first kappa shape index (κ1) is 19.7. The Bertz CT molecular complexity index is 1050. The van der Waals surface area contributed by atoms with E-state index in [1.54, 1.807) is 32.3 Å². The maximum Gasteiger partial charge on any atom is 0.223 e. The summed E-state index contributed by atoms with van der Waals surface area (Å²) in [5.41, 5.74) is 8.71. The lowest BCUT2D eigenvalue weighted by atomic mass is 9.82. The van der Waals surface area contributed by atoms with Gasteiger partial charge in [0.15, 0.2) is 9.84 Å². The molecule has 3 atom stereocenters. The summed E-state index contributed by atoms with van der Waals surface area (Å²) < 4.78 is 29.5. The van der Waals surface area contributed by atoms with Crippen LogP contribution in [-0.4, -0.2) is 36.0 Å². The monoisotopic (exact) mass is 409 g/mol. The molecule has 27 heavy (non-hydrogen) atoms. The molecule has 0 bridgehead atoms. The van der Waals surface area contributed by atoms with E-state index in [9.17, 15) is 8.42 Å². The van der Waals surface area contributed by atoms with Gasteiger partial charge in [-0.1, -0.05) is 37.5 Å². The molecule has 8 nitrogen and oxygen atoms in total. The fraction of sp³-hybridized carbons (Fsp3) is 0.529.